The van der Waals surface area contributed by atoms with Crippen LogP contribution >= 0.6 is 0 Å². The molecule has 0 radical (unpaired) electrons. The standard InChI is InChI=1S/C19H20FN3O2/c1-25-18-9-15-17(10-16(18)20)22-12-23-19(15)21-11-14(7-8-24)13-5-3-2-4-6-13/h2-6,9-10,12,14,24H,7-8,11H2,1H3,(H,21,22,23). The highest BCUT2D eigenvalue weighted by Crippen LogP contribution is 2.28. The number of halogens is 1. The maximum Gasteiger partial charge on any atom is 0.167 e. The number of rotatable bonds is 7. The van der Waals surface area contributed by atoms with Crippen molar-refractivity contribution in [3.05, 3.63) is 60.2 Å². The van der Waals surface area contributed by atoms with Crippen LogP contribution in [0.2, 0.25) is 0 Å². The SMILES string of the molecule is COc1cc2c(NCC(CCO)c3ccccc3)ncnc2cc1F. The number of aromatic nitrogens is 2. The van der Waals surface area contributed by atoms with E-state index in [9.17, 15) is 9.50 Å². The van der Waals surface area contributed by atoms with Crippen molar-refractivity contribution in [1.29, 1.82) is 0 Å². The Morgan fingerprint density at radius 3 is 2.72 bits per heavy atom. The molecule has 2 aromatic carbocycles. The topological polar surface area (TPSA) is 67.3 Å². The van der Waals surface area contributed by atoms with E-state index in [4.69, 9.17) is 4.74 Å². The van der Waals surface area contributed by atoms with Gasteiger partial charge in [-0.2, -0.15) is 0 Å². The van der Waals surface area contributed by atoms with Crippen molar-refractivity contribution >= 4 is 16.7 Å². The second-order valence-electron chi connectivity index (χ2n) is 5.73. The van der Waals surface area contributed by atoms with Gasteiger partial charge < -0.3 is 15.2 Å². The van der Waals surface area contributed by atoms with E-state index in [-0.39, 0.29) is 18.3 Å². The predicted octanol–water partition coefficient (Wildman–Crippen LogP) is 3.36. The van der Waals surface area contributed by atoms with Gasteiger partial charge in [0.2, 0.25) is 0 Å². The van der Waals surface area contributed by atoms with Gasteiger partial charge in [-0.3, -0.25) is 0 Å². The Hall–Kier alpha value is -2.73. The van der Waals surface area contributed by atoms with Crippen LogP contribution in [-0.4, -0.2) is 35.3 Å². The van der Waals surface area contributed by atoms with E-state index in [2.05, 4.69) is 15.3 Å². The third-order valence-corrected chi connectivity index (χ3v) is 4.17. The van der Waals surface area contributed by atoms with Gasteiger partial charge in [-0.1, -0.05) is 30.3 Å². The number of fused-ring (bicyclic) bond motifs is 1. The molecule has 0 bridgehead atoms. The Kier molecular flexibility index (Phi) is 5.40. The zero-order valence-corrected chi connectivity index (χ0v) is 13.9. The number of nitrogens with zero attached hydrogens (tertiary/aromatic N) is 2. The number of anilines is 1. The molecule has 25 heavy (non-hydrogen) atoms. The molecule has 5 nitrogen and oxygen atoms in total. The molecule has 0 aliphatic carbocycles. The van der Waals surface area contributed by atoms with Gasteiger partial charge >= 0.3 is 0 Å². The molecule has 0 aliphatic rings. The van der Waals surface area contributed by atoms with Crippen LogP contribution in [-0.2, 0) is 0 Å². The van der Waals surface area contributed by atoms with Crippen molar-refractivity contribution in [2.75, 3.05) is 25.6 Å². The first-order valence-electron chi connectivity index (χ1n) is 8.11. The molecule has 130 valence electrons. The number of nitrogens with one attached hydrogen (secondary N) is 1. The van der Waals surface area contributed by atoms with Gasteiger partial charge in [0.15, 0.2) is 11.6 Å². The van der Waals surface area contributed by atoms with Crippen molar-refractivity contribution in [2.24, 2.45) is 0 Å². The fourth-order valence-corrected chi connectivity index (χ4v) is 2.84. The minimum Gasteiger partial charge on any atom is -0.494 e. The lowest BCUT2D eigenvalue weighted by Crippen LogP contribution is -2.15. The van der Waals surface area contributed by atoms with Crippen molar-refractivity contribution in [1.82, 2.24) is 9.97 Å². The van der Waals surface area contributed by atoms with E-state index in [1.54, 1.807) is 6.07 Å². The van der Waals surface area contributed by atoms with E-state index in [1.165, 1.54) is 19.5 Å². The highest BCUT2D eigenvalue weighted by atomic mass is 19.1. The average molecular weight is 341 g/mol. The first kappa shape index (κ1) is 17.1. The average Bonchev–Trinajstić information content (AvgIpc) is 2.65. The monoisotopic (exact) mass is 341 g/mol. The number of aliphatic hydroxyl groups excluding tert-OH is 1. The first-order valence-corrected chi connectivity index (χ1v) is 8.11. The number of methoxy groups -OCH3 is 1. The Morgan fingerprint density at radius 2 is 2.00 bits per heavy atom. The maximum atomic E-state index is 13.9. The van der Waals surface area contributed by atoms with E-state index in [1.807, 2.05) is 30.3 Å². The Bertz CT molecular complexity index is 843. The summed E-state index contributed by atoms with van der Waals surface area (Å²) in [6.07, 6.45) is 2.04. The van der Waals surface area contributed by atoms with Crippen LogP contribution in [0.4, 0.5) is 10.2 Å². The van der Waals surface area contributed by atoms with E-state index < -0.39 is 5.82 Å². The molecule has 2 N–H and O–H groups in total. The number of hydrogen-bond acceptors (Lipinski definition) is 5. The van der Waals surface area contributed by atoms with E-state index >= 15 is 0 Å². The van der Waals surface area contributed by atoms with Crippen LogP contribution in [0.15, 0.2) is 48.8 Å². The van der Waals surface area contributed by atoms with Gasteiger partial charge in [0.05, 0.1) is 12.6 Å². The summed E-state index contributed by atoms with van der Waals surface area (Å²) in [7, 11) is 1.42. The Balaban J connectivity index is 1.86. The first-order chi connectivity index (χ1) is 12.2. The number of hydrogen-bond donors (Lipinski definition) is 2. The maximum absolute atomic E-state index is 13.9. The summed E-state index contributed by atoms with van der Waals surface area (Å²) in [5, 5.41) is 13.3. The molecule has 0 aliphatic heterocycles. The molecule has 0 saturated heterocycles. The fourth-order valence-electron chi connectivity index (χ4n) is 2.84. The fraction of sp³-hybridized carbons (Fsp3) is 0.263. The minimum atomic E-state index is -0.456. The molecule has 6 heteroatoms. The quantitative estimate of drug-likeness (QED) is 0.690. The van der Waals surface area contributed by atoms with Crippen molar-refractivity contribution < 1.29 is 14.2 Å². The highest BCUT2D eigenvalue weighted by Gasteiger charge is 2.14. The van der Waals surface area contributed by atoms with Crippen LogP contribution < -0.4 is 10.1 Å². The largest absolute Gasteiger partial charge is 0.494 e. The number of ether oxygens (including phenoxy) is 1. The predicted molar refractivity (Wildman–Crippen MR) is 95.4 cm³/mol. The van der Waals surface area contributed by atoms with E-state index in [0.29, 0.717) is 29.7 Å². The van der Waals surface area contributed by atoms with Crippen molar-refractivity contribution in [2.45, 2.75) is 12.3 Å². The molecule has 1 atom stereocenters. The van der Waals surface area contributed by atoms with Crippen LogP contribution in [0, 0.1) is 5.82 Å². The highest BCUT2D eigenvalue weighted by molar-refractivity contribution is 5.90. The Labute approximate surface area is 145 Å². The van der Waals surface area contributed by atoms with Gasteiger partial charge in [0.25, 0.3) is 0 Å². The normalized spacial score (nSPS) is 12.1. The van der Waals surface area contributed by atoms with Gasteiger partial charge in [0, 0.05) is 30.5 Å². The summed E-state index contributed by atoms with van der Waals surface area (Å²) >= 11 is 0. The van der Waals surface area contributed by atoms with Gasteiger partial charge in [-0.25, -0.2) is 14.4 Å². The molecular formula is C19H20FN3O2. The molecule has 0 amide bonds. The molecule has 0 spiro atoms. The lowest BCUT2D eigenvalue weighted by Gasteiger charge is -2.18. The lowest BCUT2D eigenvalue weighted by atomic mass is 9.96. The summed E-state index contributed by atoms with van der Waals surface area (Å²) in [6.45, 7) is 0.696. The second kappa shape index (κ2) is 7.90. The van der Waals surface area contributed by atoms with Crippen LogP contribution in [0.25, 0.3) is 10.9 Å². The van der Waals surface area contributed by atoms with Crippen LogP contribution in [0.3, 0.4) is 0 Å². The van der Waals surface area contributed by atoms with Crippen LogP contribution in [0.1, 0.15) is 17.9 Å². The van der Waals surface area contributed by atoms with Crippen molar-refractivity contribution in [3.8, 4) is 5.75 Å². The summed E-state index contributed by atoms with van der Waals surface area (Å²) in [6, 6.07) is 12.9. The van der Waals surface area contributed by atoms with Gasteiger partial charge in [-0.05, 0) is 18.1 Å². The zero-order valence-electron chi connectivity index (χ0n) is 13.9. The molecule has 1 heterocycles. The smallest absolute Gasteiger partial charge is 0.167 e. The molecule has 3 rings (SSSR count). The third kappa shape index (κ3) is 3.85. The summed E-state index contributed by atoms with van der Waals surface area (Å²) in [5.74, 6) is 0.447. The van der Waals surface area contributed by atoms with Gasteiger partial charge in [0.1, 0.15) is 12.1 Å². The zero-order chi connectivity index (χ0) is 17.6. The molecule has 1 unspecified atom stereocenters. The van der Waals surface area contributed by atoms with E-state index in [0.717, 1.165) is 5.56 Å². The van der Waals surface area contributed by atoms with Crippen LogP contribution in [0.5, 0.6) is 5.75 Å². The summed E-state index contributed by atoms with van der Waals surface area (Å²) in [4.78, 5) is 8.39. The molecule has 3 aromatic rings. The van der Waals surface area contributed by atoms with Gasteiger partial charge in [-0.15, -0.1) is 0 Å². The Morgan fingerprint density at radius 1 is 1.20 bits per heavy atom. The lowest BCUT2D eigenvalue weighted by molar-refractivity contribution is 0.277. The molecule has 0 saturated carbocycles. The van der Waals surface area contributed by atoms with Crippen molar-refractivity contribution in [3.63, 3.8) is 0 Å². The number of aliphatic hydroxyl groups is 1. The number of benzene rings is 2. The summed E-state index contributed by atoms with van der Waals surface area (Å²) in [5.41, 5.74) is 1.65. The third-order valence-electron chi connectivity index (χ3n) is 4.17. The summed E-state index contributed by atoms with van der Waals surface area (Å²) < 4.78 is 18.9. The molecule has 0 fully saturated rings. The molecular weight excluding hydrogens is 321 g/mol. The second-order valence-corrected chi connectivity index (χ2v) is 5.73. The molecule has 1 aromatic heterocycles. The minimum absolute atomic E-state index is 0.102.